The zero-order chi connectivity index (χ0) is 10.6. The fourth-order valence-corrected chi connectivity index (χ4v) is 1.13. The molecule has 0 aromatic carbocycles. The van der Waals surface area contributed by atoms with Crippen LogP contribution in [0.3, 0.4) is 0 Å². The molecule has 0 aliphatic heterocycles. The molecule has 0 fully saturated rings. The first-order valence-electron chi connectivity index (χ1n) is 5.36. The Morgan fingerprint density at radius 3 is 2.21 bits per heavy atom. The Hall–Kier alpha value is -0.200. The Balaban J connectivity index is 3.06. The highest BCUT2D eigenvalue weighted by Crippen LogP contribution is 1.76. The third-order valence-corrected chi connectivity index (χ3v) is 1.89. The second-order valence-corrected chi connectivity index (χ2v) is 3.39. The molecule has 14 heavy (non-hydrogen) atoms. The Morgan fingerprint density at radius 2 is 1.57 bits per heavy atom. The van der Waals surface area contributed by atoms with Gasteiger partial charge >= 0.3 is 0 Å². The zero-order valence-electron chi connectivity index (χ0n) is 9.18. The molecule has 0 aromatic heterocycles. The van der Waals surface area contributed by atoms with Crippen molar-refractivity contribution in [3.8, 4) is 0 Å². The first-order chi connectivity index (χ1) is 6.81. The predicted molar refractivity (Wildman–Crippen MR) is 61.3 cm³/mol. The van der Waals surface area contributed by atoms with Crippen LogP contribution in [0.15, 0.2) is 0 Å². The summed E-state index contributed by atoms with van der Waals surface area (Å²) in [5.74, 6) is 0. The van der Waals surface area contributed by atoms with Gasteiger partial charge in [-0.05, 0) is 6.92 Å². The Bertz CT molecular complexity index is 109. The molecule has 0 saturated heterocycles. The lowest BCUT2D eigenvalue weighted by molar-refractivity contribution is 0.496. The lowest BCUT2D eigenvalue weighted by Crippen LogP contribution is -2.41. The van der Waals surface area contributed by atoms with E-state index in [9.17, 15) is 0 Å². The summed E-state index contributed by atoms with van der Waals surface area (Å²) < 4.78 is 0. The van der Waals surface area contributed by atoms with E-state index in [0.29, 0.717) is 19.1 Å². The van der Waals surface area contributed by atoms with Crippen molar-refractivity contribution in [1.82, 2.24) is 16.0 Å². The quantitative estimate of drug-likeness (QED) is 0.267. The number of rotatable bonds is 10. The minimum absolute atomic E-state index is 0.487. The standard InChI is InChI=1S/C9H25N5/c1-9(8-13-5-3-11)14-7-6-12-4-2-10/h9,12-14H,2-8,10-11H2,1H3. The van der Waals surface area contributed by atoms with E-state index in [0.717, 1.165) is 32.7 Å². The molecule has 5 nitrogen and oxygen atoms in total. The molecule has 0 radical (unpaired) electrons. The van der Waals surface area contributed by atoms with E-state index < -0.39 is 0 Å². The van der Waals surface area contributed by atoms with E-state index in [1.807, 2.05) is 0 Å². The van der Waals surface area contributed by atoms with E-state index in [2.05, 4.69) is 22.9 Å². The Labute approximate surface area is 87.0 Å². The summed E-state index contributed by atoms with van der Waals surface area (Å²) >= 11 is 0. The lowest BCUT2D eigenvalue weighted by atomic mass is 10.3. The van der Waals surface area contributed by atoms with Gasteiger partial charge in [0, 0.05) is 51.9 Å². The third kappa shape index (κ3) is 9.88. The van der Waals surface area contributed by atoms with E-state index >= 15 is 0 Å². The van der Waals surface area contributed by atoms with Crippen molar-refractivity contribution in [2.24, 2.45) is 11.5 Å². The van der Waals surface area contributed by atoms with Gasteiger partial charge in [0.15, 0.2) is 0 Å². The van der Waals surface area contributed by atoms with Gasteiger partial charge in [-0.2, -0.15) is 0 Å². The SMILES string of the molecule is CC(CNCCN)NCCNCCN. The third-order valence-electron chi connectivity index (χ3n) is 1.89. The molecule has 7 N–H and O–H groups in total. The van der Waals surface area contributed by atoms with Crippen molar-refractivity contribution in [3.05, 3.63) is 0 Å². The highest BCUT2D eigenvalue weighted by atomic mass is 15.0. The van der Waals surface area contributed by atoms with Crippen LogP contribution in [0.25, 0.3) is 0 Å². The average molecular weight is 203 g/mol. The van der Waals surface area contributed by atoms with Crippen LogP contribution in [0.2, 0.25) is 0 Å². The molecule has 0 heterocycles. The van der Waals surface area contributed by atoms with Crippen molar-refractivity contribution >= 4 is 0 Å². The van der Waals surface area contributed by atoms with E-state index in [4.69, 9.17) is 11.5 Å². The first-order valence-corrected chi connectivity index (χ1v) is 5.36. The Morgan fingerprint density at radius 1 is 0.929 bits per heavy atom. The summed E-state index contributed by atoms with van der Waals surface area (Å²) in [6.45, 7) is 8.25. The molecule has 0 rings (SSSR count). The second kappa shape index (κ2) is 10.9. The highest BCUT2D eigenvalue weighted by molar-refractivity contribution is 4.64. The predicted octanol–water partition coefficient (Wildman–Crippen LogP) is -1.94. The van der Waals surface area contributed by atoms with Crippen LogP contribution >= 0.6 is 0 Å². The minimum Gasteiger partial charge on any atom is -0.329 e. The van der Waals surface area contributed by atoms with Gasteiger partial charge in [-0.3, -0.25) is 0 Å². The van der Waals surface area contributed by atoms with Gasteiger partial charge in [0.05, 0.1) is 0 Å². The van der Waals surface area contributed by atoms with E-state index in [1.54, 1.807) is 0 Å². The van der Waals surface area contributed by atoms with Crippen LogP contribution in [0.4, 0.5) is 0 Å². The lowest BCUT2D eigenvalue weighted by Gasteiger charge is -2.14. The summed E-state index contributed by atoms with van der Waals surface area (Å²) in [5.41, 5.74) is 10.7. The molecule has 0 amide bonds. The molecular formula is C9H25N5. The number of hydrogen-bond donors (Lipinski definition) is 5. The molecule has 1 unspecified atom stereocenters. The van der Waals surface area contributed by atoms with Crippen molar-refractivity contribution in [2.75, 3.05) is 45.8 Å². The second-order valence-electron chi connectivity index (χ2n) is 3.39. The van der Waals surface area contributed by atoms with Crippen LogP contribution in [-0.2, 0) is 0 Å². The minimum atomic E-state index is 0.487. The van der Waals surface area contributed by atoms with E-state index in [-0.39, 0.29) is 0 Å². The smallest absolute Gasteiger partial charge is 0.0164 e. The Kier molecular flexibility index (Phi) is 10.7. The fourth-order valence-electron chi connectivity index (χ4n) is 1.13. The largest absolute Gasteiger partial charge is 0.329 e. The summed E-state index contributed by atoms with van der Waals surface area (Å²) in [5, 5.41) is 9.88. The summed E-state index contributed by atoms with van der Waals surface area (Å²) in [7, 11) is 0. The zero-order valence-corrected chi connectivity index (χ0v) is 9.18. The molecule has 0 aromatic rings. The van der Waals surface area contributed by atoms with Crippen LogP contribution < -0.4 is 27.4 Å². The van der Waals surface area contributed by atoms with Gasteiger partial charge in [0.2, 0.25) is 0 Å². The molecule has 0 bridgehead atoms. The van der Waals surface area contributed by atoms with Gasteiger partial charge in [0.1, 0.15) is 0 Å². The maximum Gasteiger partial charge on any atom is 0.0164 e. The molecule has 5 heteroatoms. The van der Waals surface area contributed by atoms with Crippen molar-refractivity contribution in [1.29, 1.82) is 0 Å². The van der Waals surface area contributed by atoms with Gasteiger partial charge in [-0.25, -0.2) is 0 Å². The van der Waals surface area contributed by atoms with Crippen LogP contribution in [0, 0.1) is 0 Å². The van der Waals surface area contributed by atoms with Crippen LogP contribution in [0.5, 0.6) is 0 Å². The van der Waals surface area contributed by atoms with Gasteiger partial charge < -0.3 is 27.4 Å². The number of nitrogens with one attached hydrogen (secondary N) is 3. The fraction of sp³-hybridized carbons (Fsp3) is 1.00. The monoisotopic (exact) mass is 203 g/mol. The van der Waals surface area contributed by atoms with Crippen molar-refractivity contribution < 1.29 is 0 Å². The van der Waals surface area contributed by atoms with Gasteiger partial charge in [-0.15, -0.1) is 0 Å². The average Bonchev–Trinajstić information content (AvgIpc) is 2.18. The number of hydrogen-bond acceptors (Lipinski definition) is 5. The maximum atomic E-state index is 5.36. The summed E-state index contributed by atoms with van der Waals surface area (Å²) in [6, 6.07) is 0.487. The molecule has 86 valence electrons. The molecular weight excluding hydrogens is 178 g/mol. The maximum absolute atomic E-state index is 5.36. The first kappa shape index (κ1) is 13.8. The molecule has 0 saturated carbocycles. The molecule has 0 spiro atoms. The van der Waals surface area contributed by atoms with Gasteiger partial charge in [0.25, 0.3) is 0 Å². The topological polar surface area (TPSA) is 88.1 Å². The summed E-state index contributed by atoms with van der Waals surface area (Å²) in [4.78, 5) is 0. The highest BCUT2D eigenvalue weighted by Gasteiger charge is 1.98. The number of nitrogens with two attached hydrogens (primary N) is 2. The normalized spacial score (nSPS) is 13.1. The molecule has 0 aliphatic carbocycles. The van der Waals surface area contributed by atoms with E-state index in [1.165, 1.54) is 0 Å². The summed E-state index contributed by atoms with van der Waals surface area (Å²) in [6.07, 6.45) is 0. The van der Waals surface area contributed by atoms with Gasteiger partial charge in [-0.1, -0.05) is 0 Å². The van der Waals surface area contributed by atoms with Crippen LogP contribution in [0.1, 0.15) is 6.92 Å². The molecule has 0 aliphatic rings. The van der Waals surface area contributed by atoms with Crippen molar-refractivity contribution in [2.45, 2.75) is 13.0 Å². The van der Waals surface area contributed by atoms with Crippen molar-refractivity contribution in [3.63, 3.8) is 0 Å². The van der Waals surface area contributed by atoms with Crippen LogP contribution in [-0.4, -0.2) is 51.9 Å². The molecule has 1 atom stereocenters.